The van der Waals surface area contributed by atoms with Gasteiger partial charge in [-0.3, -0.25) is 13.8 Å². The van der Waals surface area contributed by atoms with Crippen LogP contribution in [0.4, 0.5) is 0 Å². The van der Waals surface area contributed by atoms with Gasteiger partial charge in [-0.25, -0.2) is 0 Å². The molecule has 0 N–H and O–H groups in total. The van der Waals surface area contributed by atoms with Crippen molar-refractivity contribution in [3.8, 4) is 5.75 Å². The molecule has 0 heterocycles. The average molecular weight is 619 g/mol. The SMILES string of the molecule is CC(=O)O[C@H]1C(=O)c2cc(C(C)C)c(OCc3ccccc3)cc2[C@@]2(C)CCC[C@@](C)(COS(=O)(=O)c3ccc(C)cc3)[C@H]12. The van der Waals surface area contributed by atoms with E-state index >= 15 is 0 Å². The van der Waals surface area contributed by atoms with Crippen LogP contribution in [0, 0.1) is 18.3 Å². The van der Waals surface area contributed by atoms with Gasteiger partial charge in [0.05, 0.1) is 11.5 Å². The van der Waals surface area contributed by atoms with Gasteiger partial charge >= 0.3 is 5.97 Å². The molecule has 0 bridgehead atoms. The number of aryl methyl sites for hydroxylation is 1. The number of esters is 1. The van der Waals surface area contributed by atoms with Crippen molar-refractivity contribution >= 4 is 21.9 Å². The normalized spacial score (nSPS) is 24.8. The van der Waals surface area contributed by atoms with E-state index < -0.39 is 38.9 Å². The average Bonchev–Trinajstić information content (AvgIpc) is 2.98. The number of ether oxygens (including phenoxy) is 2. The Bertz CT molecular complexity index is 1650. The van der Waals surface area contributed by atoms with E-state index in [-0.39, 0.29) is 23.2 Å². The number of Topliss-reactive ketones (excluding diaryl/α,β-unsaturated/α-hetero) is 1. The van der Waals surface area contributed by atoms with Crippen LogP contribution in [0.25, 0.3) is 0 Å². The molecule has 0 aliphatic heterocycles. The zero-order valence-electron chi connectivity index (χ0n) is 26.4. The van der Waals surface area contributed by atoms with Crippen molar-refractivity contribution in [3.63, 3.8) is 0 Å². The zero-order chi connectivity index (χ0) is 31.9. The molecule has 234 valence electrons. The summed E-state index contributed by atoms with van der Waals surface area (Å²) in [5, 5.41) is 0. The first kappa shape index (κ1) is 31.9. The monoisotopic (exact) mass is 618 g/mol. The quantitative estimate of drug-likeness (QED) is 0.183. The second kappa shape index (κ2) is 12.1. The summed E-state index contributed by atoms with van der Waals surface area (Å²) in [4.78, 5) is 26.8. The number of benzene rings is 3. The van der Waals surface area contributed by atoms with Crippen LogP contribution in [0.1, 0.15) is 92.4 Å². The second-order valence-electron chi connectivity index (χ2n) is 13.2. The molecule has 0 spiro atoms. The Morgan fingerprint density at radius 1 is 1.00 bits per heavy atom. The van der Waals surface area contributed by atoms with Crippen LogP contribution in [0.5, 0.6) is 5.75 Å². The van der Waals surface area contributed by atoms with Gasteiger partial charge in [-0.2, -0.15) is 8.42 Å². The topological polar surface area (TPSA) is 96.0 Å². The summed E-state index contributed by atoms with van der Waals surface area (Å²) >= 11 is 0. The van der Waals surface area contributed by atoms with E-state index in [2.05, 4.69) is 20.8 Å². The minimum absolute atomic E-state index is 0.0771. The van der Waals surface area contributed by atoms with Crippen LogP contribution in [0.15, 0.2) is 71.6 Å². The lowest BCUT2D eigenvalue weighted by atomic mass is 9.48. The Labute approximate surface area is 261 Å². The summed E-state index contributed by atoms with van der Waals surface area (Å²) in [6.45, 7) is 11.6. The number of hydrogen-bond donors (Lipinski definition) is 0. The van der Waals surface area contributed by atoms with Gasteiger partial charge in [-0.05, 0) is 66.6 Å². The smallest absolute Gasteiger partial charge is 0.303 e. The van der Waals surface area contributed by atoms with E-state index in [1.807, 2.05) is 56.3 Å². The highest BCUT2D eigenvalue weighted by Crippen LogP contribution is 2.59. The summed E-state index contributed by atoms with van der Waals surface area (Å²) in [6.07, 6.45) is 1.05. The molecule has 3 aromatic rings. The maximum absolute atomic E-state index is 14.3. The molecular formula is C36H42O7S. The second-order valence-corrected chi connectivity index (χ2v) is 14.8. The zero-order valence-corrected chi connectivity index (χ0v) is 27.2. The fourth-order valence-electron chi connectivity index (χ4n) is 7.28. The van der Waals surface area contributed by atoms with Crippen LogP contribution in [-0.4, -0.2) is 32.9 Å². The third-order valence-corrected chi connectivity index (χ3v) is 10.8. The first-order valence-corrected chi connectivity index (χ1v) is 16.7. The predicted octanol–water partition coefficient (Wildman–Crippen LogP) is 7.30. The Morgan fingerprint density at radius 3 is 2.32 bits per heavy atom. The molecule has 1 saturated carbocycles. The van der Waals surface area contributed by atoms with E-state index in [4.69, 9.17) is 13.7 Å². The molecule has 0 saturated heterocycles. The Morgan fingerprint density at radius 2 is 1.68 bits per heavy atom. The van der Waals surface area contributed by atoms with Gasteiger partial charge in [-0.1, -0.05) is 82.1 Å². The first-order valence-electron chi connectivity index (χ1n) is 15.3. The molecule has 2 aliphatic carbocycles. The molecule has 1 fully saturated rings. The van der Waals surface area contributed by atoms with Crippen molar-refractivity contribution in [3.05, 3.63) is 94.5 Å². The van der Waals surface area contributed by atoms with Crippen LogP contribution in [0.3, 0.4) is 0 Å². The lowest BCUT2D eigenvalue weighted by molar-refractivity contribution is -0.155. The van der Waals surface area contributed by atoms with Gasteiger partial charge in [0.2, 0.25) is 5.78 Å². The van der Waals surface area contributed by atoms with Gasteiger partial charge in [0.1, 0.15) is 12.4 Å². The summed E-state index contributed by atoms with van der Waals surface area (Å²) in [7, 11) is -4.06. The van der Waals surface area contributed by atoms with Crippen molar-refractivity contribution in [2.24, 2.45) is 11.3 Å². The first-order chi connectivity index (χ1) is 20.7. The van der Waals surface area contributed by atoms with E-state index in [1.165, 1.54) is 19.1 Å². The maximum Gasteiger partial charge on any atom is 0.303 e. The molecule has 0 radical (unpaired) electrons. The lowest BCUT2D eigenvalue weighted by Crippen LogP contribution is -2.60. The summed E-state index contributed by atoms with van der Waals surface area (Å²) in [6, 6.07) is 20.3. The largest absolute Gasteiger partial charge is 0.489 e. The highest BCUT2D eigenvalue weighted by molar-refractivity contribution is 7.86. The number of carbonyl (C=O) groups is 2. The number of ketones is 1. The van der Waals surface area contributed by atoms with Gasteiger partial charge in [0.25, 0.3) is 10.1 Å². The lowest BCUT2D eigenvalue weighted by Gasteiger charge is -2.56. The van der Waals surface area contributed by atoms with E-state index in [0.29, 0.717) is 24.3 Å². The molecule has 3 aromatic carbocycles. The molecule has 44 heavy (non-hydrogen) atoms. The van der Waals surface area contributed by atoms with Crippen LogP contribution < -0.4 is 4.74 Å². The fraction of sp³-hybridized carbons (Fsp3) is 0.444. The molecular weight excluding hydrogens is 576 g/mol. The highest BCUT2D eigenvalue weighted by atomic mass is 32.2. The summed E-state index contributed by atoms with van der Waals surface area (Å²) in [5.41, 5.74) is 2.84. The maximum atomic E-state index is 14.3. The number of hydrogen-bond acceptors (Lipinski definition) is 7. The summed E-state index contributed by atoms with van der Waals surface area (Å²) < 4.78 is 44.4. The van der Waals surface area contributed by atoms with Crippen molar-refractivity contribution in [2.75, 3.05) is 6.61 Å². The van der Waals surface area contributed by atoms with Crippen molar-refractivity contribution in [1.29, 1.82) is 0 Å². The van der Waals surface area contributed by atoms with Crippen LogP contribution in [-0.2, 0) is 35.9 Å². The molecule has 4 atom stereocenters. The number of carbonyl (C=O) groups excluding carboxylic acids is 2. The standard InChI is InChI=1S/C36H42O7S/c1-23(2)28-19-29-30(20-31(28)41-21-26-11-8-7-9-12-26)36(6)18-10-17-35(5,34(36)33(32(29)38)43-25(4)37)22-42-44(39,40)27-15-13-24(3)14-16-27/h7-9,11-16,19-20,23,33-34H,10,17-18,21-22H2,1-6H3/t33-,34-,35-,36+/m0/s1. The molecule has 8 heteroatoms. The van der Waals surface area contributed by atoms with Crippen molar-refractivity contribution in [2.45, 2.75) is 89.7 Å². The molecule has 0 amide bonds. The Hall–Kier alpha value is -3.49. The van der Waals surface area contributed by atoms with Gasteiger partial charge in [-0.15, -0.1) is 0 Å². The van der Waals surface area contributed by atoms with Crippen LogP contribution >= 0.6 is 0 Å². The molecule has 0 aromatic heterocycles. The summed E-state index contributed by atoms with van der Waals surface area (Å²) in [5.74, 6) is -0.557. The minimum Gasteiger partial charge on any atom is -0.489 e. The third kappa shape index (κ3) is 6.07. The van der Waals surface area contributed by atoms with Crippen molar-refractivity contribution < 1.29 is 31.7 Å². The van der Waals surface area contributed by atoms with Gasteiger partial charge < -0.3 is 9.47 Å². The molecule has 2 aliphatic rings. The third-order valence-electron chi connectivity index (χ3n) is 9.48. The molecule has 0 unspecified atom stereocenters. The Kier molecular flexibility index (Phi) is 8.80. The van der Waals surface area contributed by atoms with Gasteiger partial charge in [0, 0.05) is 29.2 Å². The molecule has 7 nitrogen and oxygen atoms in total. The van der Waals surface area contributed by atoms with E-state index in [9.17, 15) is 18.0 Å². The van der Waals surface area contributed by atoms with Crippen molar-refractivity contribution in [1.82, 2.24) is 0 Å². The van der Waals surface area contributed by atoms with Crippen LogP contribution in [0.2, 0.25) is 0 Å². The Balaban J connectivity index is 1.57. The predicted molar refractivity (Wildman–Crippen MR) is 168 cm³/mol. The molecule has 5 rings (SSSR count). The minimum atomic E-state index is -4.06. The van der Waals surface area contributed by atoms with E-state index in [1.54, 1.807) is 12.1 Å². The number of rotatable bonds is 9. The fourth-order valence-corrected chi connectivity index (χ4v) is 8.31. The van der Waals surface area contributed by atoms with E-state index in [0.717, 1.165) is 35.1 Å². The van der Waals surface area contributed by atoms with Gasteiger partial charge in [0.15, 0.2) is 6.10 Å². The number of fused-ring (bicyclic) bond motifs is 3. The highest BCUT2D eigenvalue weighted by Gasteiger charge is 2.60.